The minimum absolute atomic E-state index is 0.113. The van der Waals surface area contributed by atoms with Crippen molar-refractivity contribution in [1.82, 2.24) is 0 Å². The van der Waals surface area contributed by atoms with Gasteiger partial charge in [-0.1, -0.05) is 0 Å². The number of alkyl halides is 3. The summed E-state index contributed by atoms with van der Waals surface area (Å²) >= 11 is 1.97. The number of ether oxygens (including phenoxy) is 1. The normalized spacial score (nSPS) is 16.5. The minimum atomic E-state index is -4.30. The molecule has 0 spiro atoms. The second-order valence-corrected chi connectivity index (χ2v) is 4.62. The second-order valence-electron chi connectivity index (χ2n) is 3.46. The van der Waals surface area contributed by atoms with Gasteiger partial charge in [0.25, 0.3) is 0 Å². The van der Waals surface area contributed by atoms with Gasteiger partial charge in [-0.15, -0.1) is 0 Å². The van der Waals surface area contributed by atoms with E-state index in [1.165, 1.54) is 6.07 Å². The first kappa shape index (κ1) is 11.0. The van der Waals surface area contributed by atoms with E-state index in [4.69, 9.17) is 4.74 Å². The summed E-state index contributed by atoms with van der Waals surface area (Å²) in [6.45, 7) is 0. The topological polar surface area (TPSA) is 9.23 Å². The molecular formula is C10H8F3IO. The standard InChI is InChI=1S/C10H8F3IO/c11-10(12,13)6-1-4-8(14)9(5-6)15-7-2-3-7/h1,4-5,7H,2-3H2. The van der Waals surface area contributed by atoms with Crippen molar-refractivity contribution in [1.29, 1.82) is 0 Å². The minimum Gasteiger partial charge on any atom is -0.489 e. The van der Waals surface area contributed by atoms with Crippen LogP contribution in [0.2, 0.25) is 0 Å². The van der Waals surface area contributed by atoms with E-state index in [1.54, 1.807) is 0 Å². The molecule has 0 heterocycles. The van der Waals surface area contributed by atoms with Gasteiger partial charge < -0.3 is 4.74 Å². The Morgan fingerprint density at radius 3 is 2.47 bits per heavy atom. The molecule has 1 nitrogen and oxygen atoms in total. The van der Waals surface area contributed by atoms with Crippen LogP contribution in [0, 0.1) is 3.57 Å². The van der Waals surface area contributed by atoms with Gasteiger partial charge in [-0.3, -0.25) is 0 Å². The highest BCUT2D eigenvalue weighted by molar-refractivity contribution is 14.1. The van der Waals surface area contributed by atoms with Crippen molar-refractivity contribution in [3.8, 4) is 5.75 Å². The van der Waals surface area contributed by atoms with Crippen LogP contribution in [0.4, 0.5) is 13.2 Å². The fourth-order valence-corrected chi connectivity index (χ4v) is 1.60. The van der Waals surface area contributed by atoms with E-state index in [1.807, 2.05) is 22.6 Å². The number of hydrogen-bond donors (Lipinski definition) is 0. The molecule has 0 radical (unpaired) electrons. The Balaban J connectivity index is 2.27. The van der Waals surface area contributed by atoms with Gasteiger partial charge in [0, 0.05) is 0 Å². The molecule has 0 atom stereocenters. The average Bonchev–Trinajstić information content (AvgIpc) is 2.90. The maximum atomic E-state index is 12.4. The zero-order valence-corrected chi connectivity index (χ0v) is 9.80. The number of hydrogen-bond acceptors (Lipinski definition) is 1. The average molecular weight is 328 g/mol. The highest BCUT2D eigenvalue weighted by atomic mass is 127. The first-order chi connectivity index (χ1) is 6.97. The maximum Gasteiger partial charge on any atom is 0.416 e. The van der Waals surface area contributed by atoms with Crippen LogP contribution >= 0.6 is 22.6 Å². The fourth-order valence-electron chi connectivity index (χ4n) is 1.14. The molecule has 0 unspecified atom stereocenters. The summed E-state index contributed by atoms with van der Waals surface area (Å²) < 4.78 is 43.3. The molecule has 1 saturated carbocycles. The Kier molecular flexibility index (Phi) is 2.83. The molecule has 0 bridgehead atoms. The lowest BCUT2D eigenvalue weighted by Crippen LogP contribution is -2.06. The van der Waals surface area contributed by atoms with Gasteiger partial charge in [0.05, 0.1) is 15.2 Å². The van der Waals surface area contributed by atoms with Gasteiger partial charge in [-0.25, -0.2) is 0 Å². The van der Waals surface area contributed by atoms with Crippen LogP contribution in [0.5, 0.6) is 5.75 Å². The lowest BCUT2D eigenvalue weighted by molar-refractivity contribution is -0.137. The molecule has 1 aliphatic rings. The van der Waals surface area contributed by atoms with E-state index < -0.39 is 11.7 Å². The Morgan fingerprint density at radius 1 is 1.27 bits per heavy atom. The maximum absolute atomic E-state index is 12.4. The number of rotatable bonds is 2. The largest absolute Gasteiger partial charge is 0.489 e. The van der Waals surface area contributed by atoms with E-state index >= 15 is 0 Å². The molecular weight excluding hydrogens is 320 g/mol. The summed E-state index contributed by atoms with van der Waals surface area (Å²) in [7, 11) is 0. The molecule has 0 amide bonds. The molecule has 2 rings (SSSR count). The molecule has 0 aliphatic heterocycles. The molecule has 0 saturated heterocycles. The van der Waals surface area contributed by atoms with Crippen molar-refractivity contribution in [2.75, 3.05) is 0 Å². The van der Waals surface area contributed by atoms with Crippen molar-refractivity contribution < 1.29 is 17.9 Å². The van der Waals surface area contributed by atoms with Crippen LogP contribution in [0.15, 0.2) is 18.2 Å². The molecule has 15 heavy (non-hydrogen) atoms. The van der Waals surface area contributed by atoms with Gasteiger partial charge in [0.1, 0.15) is 5.75 Å². The second kappa shape index (κ2) is 3.84. The van der Waals surface area contributed by atoms with E-state index in [9.17, 15) is 13.2 Å². The summed E-state index contributed by atoms with van der Waals surface area (Å²) in [6, 6.07) is 3.57. The van der Waals surface area contributed by atoms with Crippen LogP contribution in [-0.2, 0) is 6.18 Å². The zero-order valence-electron chi connectivity index (χ0n) is 7.64. The smallest absolute Gasteiger partial charge is 0.416 e. The van der Waals surface area contributed by atoms with Crippen molar-refractivity contribution >= 4 is 22.6 Å². The van der Waals surface area contributed by atoms with Gasteiger partial charge in [0.15, 0.2) is 0 Å². The third-order valence-corrected chi connectivity index (χ3v) is 2.97. The summed E-state index contributed by atoms with van der Waals surface area (Å²) in [6.07, 6.45) is -2.31. The number of halogens is 4. The van der Waals surface area contributed by atoms with E-state index in [0.717, 1.165) is 25.0 Å². The lowest BCUT2D eigenvalue weighted by atomic mass is 10.2. The highest BCUT2D eigenvalue weighted by Gasteiger charge is 2.32. The highest BCUT2D eigenvalue weighted by Crippen LogP contribution is 2.36. The first-order valence-electron chi connectivity index (χ1n) is 4.50. The van der Waals surface area contributed by atoms with Crippen molar-refractivity contribution in [3.05, 3.63) is 27.3 Å². The molecule has 0 N–H and O–H groups in total. The Morgan fingerprint density at radius 2 is 1.93 bits per heavy atom. The molecule has 82 valence electrons. The Bertz CT molecular complexity index is 371. The molecule has 5 heteroatoms. The van der Waals surface area contributed by atoms with Crippen LogP contribution < -0.4 is 4.74 Å². The quantitative estimate of drug-likeness (QED) is 0.750. The Labute approximate surface area is 98.8 Å². The van der Waals surface area contributed by atoms with Crippen molar-refractivity contribution in [2.45, 2.75) is 25.1 Å². The van der Waals surface area contributed by atoms with Crippen LogP contribution in [0.25, 0.3) is 0 Å². The van der Waals surface area contributed by atoms with Crippen LogP contribution in [0.1, 0.15) is 18.4 Å². The van der Waals surface area contributed by atoms with Crippen LogP contribution in [-0.4, -0.2) is 6.10 Å². The Hall–Kier alpha value is -0.460. The van der Waals surface area contributed by atoms with Crippen LogP contribution in [0.3, 0.4) is 0 Å². The molecule has 1 aliphatic carbocycles. The van der Waals surface area contributed by atoms with Gasteiger partial charge in [-0.05, 0) is 53.6 Å². The van der Waals surface area contributed by atoms with Crippen molar-refractivity contribution in [2.24, 2.45) is 0 Å². The summed E-state index contributed by atoms with van der Waals surface area (Å²) in [4.78, 5) is 0. The summed E-state index contributed by atoms with van der Waals surface area (Å²) in [5, 5.41) is 0. The molecule has 1 aromatic rings. The molecule has 0 aromatic heterocycles. The summed E-state index contributed by atoms with van der Waals surface area (Å²) in [5.74, 6) is 0.341. The van der Waals surface area contributed by atoms with Gasteiger partial charge in [-0.2, -0.15) is 13.2 Å². The zero-order chi connectivity index (χ0) is 11.1. The lowest BCUT2D eigenvalue weighted by Gasteiger charge is -2.11. The fraction of sp³-hybridized carbons (Fsp3) is 0.400. The predicted octanol–water partition coefficient (Wildman–Crippen LogP) is 3.85. The van der Waals surface area contributed by atoms with Gasteiger partial charge in [0.2, 0.25) is 0 Å². The van der Waals surface area contributed by atoms with Gasteiger partial charge >= 0.3 is 6.18 Å². The predicted molar refractivity (Wildman–Crippen MR) is 57.8 cm³/mol. The van der Waals surface area contributed by atoms with Crippen molar-refractivity contribution in [3.63, 3.8) is 0 Å². The molecule has 1 aromatic carbocycles. The molecule has 1 fully saturated rings. The SMILES string of the molecule is FC(F)(F)c1ccc(I)c(OC2CC2)c1. The first-order valence-corrected chi connectivity index (χ1v) is 5.58. The van der Waals surface area contributed by atoms with E-state index in [0.29, 0.717) is 9.32 Å². The monoisotopic (exact) mass is 328 g/mol. The summed E-state index contributed by atoms with van der Waals surface area (Å²) in [5.41, 5.74) is -0.654. The van der Waals surface area contributed by atoms with E-state index in [-0.39, 0.29) is 6.10 Å². The third-order valence-electron chi connectivity index (χ3n) is 2.08. The third kappa shape index (κ3) is 2.76. The number of benzene rings is 1. The van der Waals surface area contributed by atoms with E-state index in [2.05, 4.69) is 0 Å².